The summed E-state index contributed by atoms with van der Waals surface area (Å²) < 4.78 is 47.5. The molecule has 1 amide bonds. The second-order valence-corrected chi connectivity index (χ2v) is 9.53. The molecule has 1 aliphatic heterocycles. The highest BCUT2D eigenvalue weighted by atomic mass is 32.2. The number of hydrogen-bond acceptors (Lipinski definition) is 6. The molecule has 11 heteroatoms. The highest BCUT2D eigenvalue weighted by molar-refractivity contribution is 7.89. The van der Waals surface area contributed by atoms with Crippen LogP contribution in [-0.2, 0) is 14.8 Å². The first-order chi connectivity index (χ1) is 16.3. The zero-order valence-electron chi connectivity index (χ0n) is 18.4. The van der Waals surface area contributed by atoms with Crippen molar-refractivity contribution in [3.63, 3.8) is 0 Å². The van der Waals surface area contributed by atoms with E-state index in [0.29, 0.717) is 24.5 Å². The number of carbonyl (C=O) groups excluding carboxylic acids is 2. The molecule has 0 spiro atoms. The van der Waals surface area contributed by atoms with Crippen molar-refractivity contribution in [2.75, 3.05) is 25.0 Å². The molecule has 9 nitrogen and oxygen atoms in total. The molecule has 0 radical (unpaired) electrons. The Morgan fingerprint density at radius 3 is 2.47 bits per heavy atom. The van der Waals surface area contributed by atoms with Crippen LogP contribution in [0.4, 0.5) is 10.1 Å². The smallest absolute Gasteiger partial charge is 0.358 e. The number of anilines is 1. The van der Waals surface area contributed by atoms with Crippen LogP contribution in [0.1, 0.15) is 40.6 Å². The van der Waals surface area contributed by atoms with E-state index in [1.165, 1.54) is 21.1 Å². The van der Waals surface area contributed by atoms with Gasteiger partial charge in [0.25, 0.3) is 5.91 Å². The standard InChI is InChI=1S/C23H23FN4O5S/c1-2-33-23(30)20-11-14-28(26-20)18-8-6-17(7-9-18)25-22(29)16-5-10-19(24)21(15-16)34(31,32)27-12-3-4-13-27/h5-11,14-15H,2-4,12-13H2,1H3,(H,25,29). The zero-order chi connectivity index (χ0) is 24.3. The van der Waals surface area contributed by atoms with E-state index >= 15 is 0 Å². The molecule has 0 atom stereocenters. The number of aromatic nitrogens is 2. The Kier molecular flexibility index (Phi) is 6.75. The highest BCUT2D eigenvalue weighted by Gasteiger charge is 2.30. The molecule has 0 saturated carbocycles. The summed E-state index contributed by atoms with van der Waals surface area (Å²) in [6.07, 6.45) is 3.06. The predicted molar refractivity (Wildman–Crippen MR) is 122 cm³/mol. The summed E-state index contributed by atoms with van der Waals surface area (Å²) in [5, 5.41) is 6.84. The number of nitrogens with one attached hydrogen (secondary N) is 1. The van der Waals surface area contributed by atoms with Crippen LogP contribution < -0.4 is 5.32 Å². The summed E-state index contributed by atoms with van der Waals surface area (Å²) >= 11 is 0. The van der Waals surface area contributed by atoms with Crippen LogP contribution in [0.25, 0.3) is 5.69 Å². The van der Waals surface area contributed by atoms with Gasteiger partial charge in [-0.2, -0.15) is 9.40 Å². The third-order valence-corrected chi connectivity index (χ3v) is 7.25. The number of benzene rings is 2. The Hall–Kier alpha value is -3.57. The maximum atomic E-state index is 14.3. The molecule has 178 valence electrons. The first-order valence-electron chi connectivity index (χ1n) is 10.7. The minimum Gasteiger partial charge on any atom is -0.461 e. The molecule has 4 rings (SSSR count). The fraction of sp³-hybridized carbons (Fsp3) is 0.261. The van der Waals surface area contributed by atoms with Gasteiger partial charge in [-0.05, 0) is 68.3 Å². The summed E-state index contributed by atoms with van der Waals surface area (Å²) in [5.74, 6) is -1.99. The number of carbonyl (C=O) groups is 2. The molecular formula is C23H23FN4O5S. The molecule has 0 bridgehead atoms. The topological polar surface area (TPSA) is 111 Å². The molecule has 1 fully saturated rings. The van der Waals surface area contributed by atoms with E-state index in [0.717, 1.165) is 25.0 Å². The number of rotatable bonds is 7. The van der Waals surface area contributed by atoms with E-state index in [4.69, 9.17) is 4.74 Å². The fourth-order valence-electron chi connectivity index (χ4n) is 3.59. The Bertz CT molecular complexity index is 1320. The van der Waals surface area contributed by atoms with Gasteiger partial charge in [-0.1, -0.05) is 0 Å². The van der Waals surface area contributed by atoms with Gasteiger partial charge >= 0.3 is 5.97 Å². The Morgan fingerprint density at radius 1 is 1.09 bits per heavy atom. The molecule has 2 aromatic carbocycles. The van der Waals surface area contributed by atoms with Crippen LogP contribution >= 0.6 is 0 Å². The normalized spacial score (nSPS) is 14.2. The second-order valence-electron chi connectivity index (χ2n) is 7.62. The van der Waals surface area contributed by atoms with Gasteiger partial charge in [-0.25, -0.2) is 22.3 Å². The van der Waals surface area contributed by atoms with E-state index in [-0.39, 0.29) is 17.9 Å². The first kappa shape index (κ1) is 23.6. The van der Waals surface area contributed by atoms with Gasteiger partial charge in [0.1, 0.15) is 10.7 Å². The summed E-state index contributed by atoms with van der Waals surface area (Å²) in [4.78, 5) is 24.0. The molecule has 1 N–H and O–H groups in total. The van der Waals surface area contributed by atoms with Gasteiger partial charge in [-0.3, -0.25) is 4.79 Å². The van der Waals surface area contributed by atoms with Gasteiger partial charge < -0.3 is 10.1 Å². The van der Waals surface area contributed by atoms with Crippen molar-refractivity contribution in [1.82, 2.24) is 14.1 Å². The number of esters is 1. The maximum Gasteiger partial charge on any atom is 0.358 e. The molecule has 0 unspecified atom stereocenters. The Morgan fingerprint density at radius 2 is 1.79 bits per heavy atom. The van der Waals surface area contributed by atoms with Crippen LogP contribution in [0.5, 0.6) is 0 Å². The van der Waals surface area contributed by atoms with Crippen molar-refractivity contribution in [3.8, 4) is 5.69 Å². The monoisotopic (exact) mass is 486 g/mol. The van der Waals surface area contributed by atoms with E-state index < -0.39 is 32.6 Å². The number of amides is 1. The molecule has 3 aromatic rings. The predicted octanol–water partition coefficient (Wildman–Crippen LogP) is 3.22. The van der Waals surface area contributed by atoms with Gasteiger partial charge in [0.15, 0.2) is 5.69 Å². The van der Waals surface area contributed by atoms with Crippen LogP contribution in [0.3, 0.4) is 0 Å². The minimum atomic E-state index is -4.01. The SMILES string of the molecule is CCOC(=O)c1ccn(-c2ccc(NC(=O)c3ccc(F)c(S(=O)(=O)N4CCCC4)c3)cc2)n1. The van der Waals surface area contributed by atoms with Gasteiger partial charge in [0, 0.05) is 30.5 Å². The van der Waals surface area contributed by atoms with Gasteiger partial charge in [-0.15, -0.1) is 0 Å². The fourth-order valence-corrected chi connectivity index (χ4v) is 5.20. The third kappa shape index (κ3) is 4.85. The molecule has 1 aromatic heterocycles. The van der Waals surface area contributed by atoms with Crippen molar-refractivity contribution in [2.24, 2.45) is 0 Å². The number of nitrogens with zero attached hydrogens (tertiary/aromatic N) is 3. The molecule has 34 heavy (non-hydrogen) atoms. The molecule has 1 aliphatic rings. The summed E-state index contributed by atoms with van der Waals surface area (Å²) in [7, 11) is -4.01. The lowest BCUT2D eigenvalue weighted by Crippen LogP contribution is -2.29. The molecule has 1 saturated heterocycles. The summed E-state index contributed by atoms with van der Waals surface area (Å²) in [5.41, 5.74) is 1.29. The van der Waals surface area contributed by atoms with E-state index in [2.05, 4.69) is 10.4 Å². The van der Waals surface area contributed by atoms with Gasteiger partial charge in [0.05, 0.1) is 12.3 Å². The summed E-state index contributed by atoms with van der Waals surface area (Å²) in [6.45, 7) is 2.63. The van der Waals surface area contributed by atoms with Crippen LogP contribution in [0, 0.1) is 5.82 Å². The van der Waals surface area contributed by atoms with Crippen molar-refractivity contribution in [2.45, 2.75) is 24.7 Å². The van der Waals surface area contributed by atoms with Crippen LogP contribution in [0.15, 0.2) is 59.6 Å². The van der Waals surface area contributed by atoms with Crippen molar-refractivity contribution in [1.29, 1.82) is 0 Å². The first-order valence-corrected chi connectivity index (χ1v) is 12.2. The van der Waals surface area contributed by atoms with E-state index in [9.17, 15) is 22.4 Å². The maximum absolute atomic E-state index is 14.3. The highest BCUT2D eigenvalue weighted by Crippen LogP contribution is 2.25. The third-order valence-electron chi connectivity index (χ3n) is 5.34. The lowest BCUT2D eigenvalue weighted by molar-refractivity contribution is 0.0518. The quantitative estimate of drug-likeness (QED) is 0.514. The second kappa shape index (κ2) is 9.74. The van der Waals surface area contributed by atoms with Crippen LogP contribution in [0.2, 0.25) is 0 Å². The number of ether oxygens (including phenoxy) is 1. The molecule has 0 aliphatic carbocycles. The van der Waals surface area contributed by atoms with Crippen molar-refractivity contribution in [3.05, 3.63) is 71.8 Å². The van der Waals surface area contributed by atoms with Crippen molar-refractivity contribution >= 4 is 27.6 Å². The van der Waals surface area contributed by atoms with Crippen molar-refractivity contribution < 1.29 is 27.1 Å². The lowest BCUT2D eigenvalue weighted by Gasteiger charge is -2.16. The molecular weight excluding hydrogens is 463 g/mol. The van der Waals surface area contributed by atoms with Crippen LogP contribution in [-0.4, -0.2) is 54.1 Å². The Labute approximate surface area is 196 Å². The van der Waals surface area contributed by atoms with Gasteiger partial charge in [0.2, 0.25) is 10.0 Å². The van der Waals surface area contributed by atoms with E-state index in [1.807, 2.05) is 0 Å². The molecule has 2 heterocycles. The minimum absolute atomic E-state index is 0.0226. The lowest BCUT2D eigenvalue weighted by atomic mass is 10.2. The number of sulfonamides is 1. The number of halogens is 1. The largest absolute Gasteiger partial charge is 0.461 e. The zero-order valence-corrected chi connectivity index (χ0v) is 19.2. The average Bonchev–Trinajstić information content (AvgIpc) is 3.53. The Balaban J connectivity index is 1.49. The van der Waals surface area contributed by atoms with E-state index in [1.54, 1.807) is 37.4 Å². The summed E-state index contributed by atoms with van der Waals surface area (Å²) in [6, 6.07) is 11.5. The number of hydrogen-bond donors (Lipinski definition) is 1. The average molecular weight is 487 g/mol.